The molecule has 1 heterocycles. The van der Waals surface area contributed by atoms with Gasteiger partial charge in [0, 0.05) is 11.3 Å². The van der Waals surface area contributed by atoms with Crippen molar-refractivity contribution >= 4 is 0 Å². The van der Waals surface area contributed by atoms with E-state index in [4.69, 9.17) is 9.47 Å². The number of methoxy groups -OCH3 is 2. The van der Waals surface area contributed by atoms with Crippen LogP contribution in [0.2, 0.25) is 0 Å². The minimum Gasteiger partial charge on any atom is -0.496 e. The summed E-state index contributed by atoms with van der Waals surface area (Å²) in [4.78, 5) is 7.51. The monoisotopic (exact) mass is 246 g/mol. The van der Waals surface area contributed by atoms with Gasteiger partial charge in [-0.3, -0.25) is 0 Å². The second-order valence-corrected chi connectivity index (χ2v) is 4.10. The molecule has 18 heavy (non-hydrogen) atoms. The Hall–Kier alpha value is -1.97. The Morgan fingerprint density at radius 3 is 2.56 bits per heavy atom. The Balaban J connectivity index is 2.47. The van der Waals surface area contributed by atoms with Gasteiger partial charge in [-0.25, -0.2) is 0 Å². The normalized spacial score (nSPS) is 10.4. The maximum absolute atomic E-state index is 5.33. The van der Waals surface area contributed by atoms with Crippen LogP contribution in [0, 0.1) is 6.92 Å². The Labute approximate surface area is 107 Å². The fourth-order valence-corrected chi connectivity index (χ4v) is 2.01. The van der Waals surface area contributed by atoms with Crippen LogP contribution in [-0.2, 0) is 6.42 Å². The Morgan fingerprint density at radius 1 is 1.22 bits per heavy atom. The van der Waals surface area contributed by atoms with E-state index >= 15 is 0 Å². The lowest BCUT2D eigenvalue weighted by Crippen LogP contribution is -1.92. The van der Waals surface area contributed by atoms with Gasteiger partial charge in [-0.15, -0.1) is 0 Å². The molecule has 0 aliphatic heterocycles. The minimum absolute atomic E-state index is 0.538. The first-order valence-corrected chi connectivity index (χ1v) is 5.97. The van der Waals surface area contributed by atoms with Crippen molar-refractivity contribution in [2.24, 2.45) is 0 Å². The van der Waals surface area contributed by atoms with Gasteiger partial charge in [0.15, 0.2) is 0 Å². The second-order valence-electron chi connectivity index (χ2n) is 4.10. The summed E-state index contributed by atoms with van der Waals surface area (Å²) < 4.78 is 10.4. The summed E-state index contributed by atoms with van der Waals surface area (Å²) in [6, 6.07) is 6.65. The summed E-state index contributed by atoms with van der Waals surface area (Å²) >= 11 is 0. The molecule has 1 aromatic heterocycles. The van der Waals surface area contributed by atoms with E-state index in [1.54, 1.807) is 14.2 Å². The molecule has 0 aliphatic carbocycles. The van der Waals surface area contributed by atoms with Crippen LogP contribution in [0.15, 0.2) is 18.2 Å². The zero-order valence-corrected chi connectivity index (χ0v) is 11.2. The lowest BCUT2D eigenvalue weighted by molar-refractivity contribution is 0.384. The summed E-state index contributed by atoms with van der Waals surface area (Å²) in [5.41, 5.74) is 4.17. The molecule has 0 fully saturated rings. The van der Waals surface area contributed by atoms with Crippen LogP contribution in [0.4, 0.5) is 0 Å². The summed E-state index contributed by atoms with van der Waals surface area (Å²) in [6.45, 7) is 4.10. The van der Waals surface area contributed by atoms with Crippen LogP contribution in [0.1, 0.15) is 18.2 Å². The molecule has 0 saturated heterocycles. The third-order valence-electron chi connectivity index (χ3n) is 2.99. The van der Waals surface area contributed by atoms with Gasteiger partial charge in [0.25, 0.3) is 6.01 Å². The fraction of sp³-hybridized carbons (Fsp3) is 0.357. The van der Waals surface area contributed by atoms with Gasteiger partial charge in [0.1, 0.15) is 5.75 Å². The van der Waals surface area contributed by atoms with E-state index in [2.05, 4.69) is 23.0 Å². The highest BCUT2D eigenvalue weighted by Gasteiger charge is 2.11. The van der Waals surface area contributed by atoms with E-state index in [-0.39, 0.29) is 0 Å². The highest BCUT2D eigenvalue weighted by atomic mass is 16.5. The molecule has 0 amide bonds. The van der Waals surface area contributed by atoms with E-state index in [9.17, 15) is 0 Å². The van der Waals surface area contributed by atoms with Gasteiger partial charge in [0.2, 0.25) is 0 Å². The molecular weight excluding hydrogens is 228 g/mol. The molecule has 0 atom stereocenters. The highest BCUT2D eigenvalue weighted by molar-refractivity contribution is 5.65. The van der Waals surface area contributed by atoms with Crippen molar-refractivity contribution in [3.63, 3.8) is 0 Å². The largest absolute Gasteiger partial charge is 0.496 e. The SMILES string of the molecule is CCc1cc(-c2nc(OC)[nH]c2C)ccc1OC. The Bertz CT molecular complexity index is 547. The van der Waals surface area contributed by atoms with Crippen molar-refractivity contribution < 1.29 is 9.47 Å². The molecule has 4 nitrogen and oxygen atoms in total. The number of imidazole rings is 1. The Kier molecular flexibility index (Phi) is 3.55. The van der Waals surface area contributed by atoms with Crippen LogP contribution >= 0.6 is 0 Å². The highest BCUT2D eigenvalue weighted by Crippen LogP contribution is 2.28. The summed E-state index contributed by atoms with van der Waals surface area (Å²) in [7, 11) is 3.30. The molecule has 1 aromatic carbocycles. The molecule has 0 saturated carbocycles. The molecule has 2 rings (SSSR count). The number of nitrogens with zero attached hydrogens (tertiary/aromatic N) is 1. The number of rotatable bonds is 4. The van der Waals surface area contributed by atoms with Gasteiger partial charge in [0.05, 0.1) is 19.9 Å². The third-order valence-corrected chi connectivity index (χ3v) is 2.99. The smallest absolute Gasteiger partial charge is 0.294 e. The van der Waals surface area contributed by atoms with E-state index in [0.29, 0.717) is 6.01 Å². The average Bonchev–Trinajstić information content (AvgIpc) is 2.79. The van der Waals surface area contributed by atoms with Gasteiger partial charge < -0.3 is 14.5 Å². The van der Waals surface area contributed by atoms with Gasteiger partial charge in [-0.2, -0.15) is 4.98 Å². The van der Waals surface area contributed by atoms with Crippen molar-refractivity contribution in [1.29, 1.82) is 0 Å². The number of H-pyrrole nitrogens is 1. The predicted octanol–water partition coefficient (Wildman–Crippen LogP) is 2.96. The number of hydrogen-bond donors (Lipinski definition) is 1. The number of benzene rings is 1. The van der Waals surface area contributed by atoms with E-state index in [1.165, 1.54) is 5.56 Å². The lowest BCUT2D eigenvalue weighted by Gasteiger charge is -2.08. The molecule has 96 valence electrons. The van der Waals surface area contributed by atoms with E-state index < -0.39 is 0 Å². The Morgan fingerprint density at radius 2 is 2.00 bits per heavy atom. The fourth-order valence-electron chi connectivity index (χ4n) is 2.01. The van der Waals surface area contributed by atoms with Gasteiger partial charge in [-0.05, 0) is 37.1 Å². The maximum atomic E-state index is 5.33. The zero-order valence-electron chi connectivity index (χ0n) is 11.2. The molecule has 2 aromatic rings. The summed E-state index contributed by atoms with van der Waals surface area (Å²) in [5.74, 6) is 0.918. The molecule has 0 aliphatic rings. The van der Waals surface area contributed by atoms with Crippen LogP contribution in [0.5, 0.6) is 11.8 Å². The molecule has 1 N–H and O–H groups in total. The topological polar surface area (TPSA) is 47.1 Å². The van der Waals surface area contributed by atoms with Crippen LogP contribution in [0.25, 0.3) is 11.3 Å². The maximum Gasteiger partial charge on any atom is 0.294 e. The van der Waals surface area contributed by atoms with Crippen molar-refractivity contribution in [3.8, 4) is 23.0 Å². The molecule has 0 bridgehead atoms. The van der Waals surface area contributed by atoms with Crippen molar-refractivity contribution in [2.45, 2.75) is 20.3 Å². The molecule has 0 unspecified atom stereocenters. The van der Waals surface area contributed by atoms with Crippen LogP contribution in [0.3, 0.4) is 0 Å². The third kappa shape index (κ3) is 2.18. The summed E-state index contributed by atoms with van der Waals surface area (Å²) in [5, 5.41) is 0. The first kappa shape index (κ1) is 12.5. The molecular formula is C14H18N2O2. The lowest BCUT2D eigenvalue weighted by atomic mass is 10.0. The second kappa shape index (κ2) is 5.12. The number of nitrogens with one attached hydrogen (secondary N) is 1. The minimum atomic E-state index is 0.538. The van der Waals surface area contributed by atoms with E-state index in [0.717, 1.165) is 29.1 Å². The predicted molar refractivity (Wildman–Crippen MR) is 71.2 cm³/mol. The van der Waals surface area contributed by atoms with Crippen molar-refractivity contribution in [1.82, 2.24) is 9.97 Å². The van der Waals surface area contributed by atoms with Crippen LogP contribution < -0.4 is 9.47 Å². The first-order valence-electron chi connectivity index (χ1n) is 5.97. The number of ether oxygens (including phenoxy) is 2. The number of aromatic nitrogens is 2. The summed E-state index contributed by atoms with van der Waals surface area (Å²) in [6.07, 6.45) is 0.928. The van der Waals surface area contributed by atoms with Gasteiger partial charge >= 0.3 is 0 Å². The average molecular weight is 246 g/mol. The quantitative estimate of drug-likeness (QED) is 0.902. The number of aromatic amines is 1. The first-order chi connectivity index (χ1) is 8.69. The molecule has 0 radical (unpaired) electrons. The molecule has 0 spiro atoms. The van der Waals surface area contributed by atoms with Crippen molar-refractivity contribution in [3.05, 3.63) is 29.5 Å². The van der Waals surface area contributed by atoms with E-state index in [1.807, 2.05) is 19.1 Å². The standard InChI is InChI=1S/C14H18N2O2/c1-5-10-8-11(6-7-12(10)17-3)13-9(2)15-14(16-13)18-4/h6-8H,5H2,1-4H3,(H,15,16). The van der Waals surface area contributed by atoms with Gasteiger partial charge in [-0.1, -0.05) is 6.92 Å². The van der Waals surface area contributed by atoms with Crippen molar-refractivity contribution in [2.75, 3.05) is 14.2 Å². The zero-order chi connectivity index (χ0) is 13.1. The van der Waals surface area contributed by atoms with Crippen LogP contribution in [-0.4, -0.2) is 24.2 Å². The number of hydrogen-bond acceptors (Lipinski definition) is 3. The molecule has 4 heteroatoms. The number of aryl methyl sites for hydroxylation is 2.